The lowest BCUT2D eigenvalue weighted by Gasteiger charge is -2.37. The smallest absolute Gasteiger partial charge is 0.311 e. The Balaban J connectivity index is 1.90. The van der Waals surface area contributed by atoms with E-state index in [1.807, 2.05) is 11.0 Å². The Morgan fingerprint density at radius 1 is 1.47 bits per heavy atom. The first-order valence-electron chi connectivity index (χ1n) is 6.12. The van der Waals surface area contributed by atoms with E-state index < -0.39 is 11.4 Å². The summed E-state index contributed by atoms with van der Waals surface area (Å²) in [5.41, 5.74) is -0.156. The van der Waals surface area contributed by atoms with Crippen LogP contribution in [0, 0.1) is 5.41 Å². The molecule has 0 radical (unpaired) electrons. The molecule has 0 spiro atoms. The molecule has 1 N–H and O–H groups in total. The zero-order valence-electron chi connectivity index (χ0n) is 10.5. The molecule has 0 amide bonds. The van der Waals surface area contributed by atoms with Gasteiger partial charge in [-0.15, -0.1) is 14.8 Å². The topological polar surface area (TPSA) is 96.5 Å². The van der Waals surface area contributed by atoms with Crippen molar-refractivity contribution in [2.45, 2.75) is 19.8 Å². The fourth-order valence-corrected chi connectivity index (χ4v) is 2.42. The maximum Gasteiger partial charge on any atom is 0.311 e. The summed E-state index contributed by atoms with van der Waals surface area (Å²) in [4.78, 5) is 13.3. The Morgan fingerprint density at radius 2 is 2.32 bits per heavy atom. The molecule has 1 aliphatic rings. The van der Waals surface area contributed by atoms with Crippen LogP contribution in [-0.4, -0.2) is 49.4 Å². The number of tetrazole rings is 1. The van der Waals surface area contributed by atoms with Crippen LogP contribution in [0.15, 0.2) is 12.1 Å². The van der Waals surface area contributed by atoms with Gasteiger partial charge in [-0.1, -0.05) is 0 Å². The number of fused-ring (bicyclic) bond motifs is 1. The van der Waals surface area contributed by atoms with Gasteiger partial charge >= 0.3 is 5.97 Å². The van der Waals surface area contributed by atoms with E-state index in [2.05, 4.69) is 20.6 Å². The predicted octanol–water partition coefficient (Wildman–Crippen LogP) is 0.210. The van der Waals surface area contributed by atoms with Gasteiger partial charge in [0.2, 0.25) is 0 Å². The van der Waals surface area contributed by atoms with Crippen LogP contribution in [0.5, 0.6) is 0 Å². The maximum atomic E-state index is 11.3. The molecule has 8 nitrogen and oxygen atoms in total. The van der Waals surface area contributed by atoms with Crippen molar-refractivity contribution in [3.05, 3.63) is 12.1 Å². The highest BCUT2D eigenvalue weighted by Gasteiger charge is 2.38. The molecular formula is C11H14N6O2. The summed E-state index contributed by atoms with van der Waals surface area (Å²) in [6.07, 6.45) is 1.52. The van der Waals surface area contributed by atoms with E-state index in [1.165, 1.54) is 4.63 Å². The minimum atomic E-state index is -0.763. The summed E-state index contributed by atoms with van der Waals surface area (Å²) in [6, 6.07) is 3.59. The van der Waals surface area contributed by atoms with Crippen molar-refractivity contribution < 1.29 is 9.90 Å². The lowest BCUT2D eigenvalue weighted by Crippen LogP contribution is -2.46. The van der Waals surface area contributed by atoms with Gasteiger partial charge < -0.3 is 10.0 Å². The van der Waals surface area contributed by atoms with E-state index >= 15 is 0 Å². The number of rotatable bonds is 2. The molecule has 0 aromatic carbocycles. The molecule has 2 aromatic rings. The van der Waals surface area contributed by atoms with E-state index in [0.29, 0.717) is 24.4 Å². The summed E-state index contributed by atoms with van der Waals surface area (Å²) in [5.74, 6) is -0.0623. The van der Waals surface area contributed by atoms with Gasteiger partial charge in [0.15, 0.2) is 11.5 Å². The van der Waals surface area contributed by atoms with Gasteiger partial charge in [0, 0.05) is 13.1 Å². The third-order valence-corrected chi connectivity index (χ3v) is 3.59. The molecule has 1 unspecified atom stereocenters. The zero-order valence-corrected chi connectivity index (χ0v) is 10.5. The van der Waals surface area contributed by atoms with Crippen molar-refractivity contribution in [3.8, 4) is 0 Å². The molecule has 0 aliphatic carbocycles. The van der Waals surface area contributed by atoms with Crippen LogP contribution in [-0.2, 0) is 4.79 Å². The molecule has 8 heteroatoms. The number of aliphatic carboxylic acids is 1. The molecule has 1 atom stereocenters. The Labute approximate surface area is 109 Å². The summed E-state index contributed by atoms with van der Waals surface area (Å²) < 4.78 is 1.35. The molecule has 3 rings (SSSR count). The highest BCUT2D eigenvalue weighted by Crippen LogP contribution is 2.31. The monoisotopic (exact) mass is 262 g/mol. The van der Waals surface area contributed by atoms with Crippen LogP contribution in [0.4, 0.5) is 5.82 Å². The largest absolute Gasteiger partial charge is 0.481 e. The van der Waals surface area contributed by atoms with Gasteiger partial charge in [-0.3, -0.25) is 4.79 Å². The first-order valence-corrected chi connectivity index (χ1v) is 6.12. The number of carbonyl (C=O) groups is 1. The second-order valence-corrected chi connectivity index (χ2v) is 5.11. The number of hydrogen-bond donors (Lipinski definition) is 1. The van der Waals surface area contributed by atoms with Crippen molar-refractivity contribution >= 4 is 17.4 Å². The first-order chi connectivity index (χ1) is 9.08. The second-order valence-electron chi connectivity index (χ2n) is 5.11. The number of carboxylic acid groups (broad SMARTS) is 1. The molecular weight excluding hydrogens is 248 g/mol. The SMILES string of the molecule is CC1(C(=O)O)CCCN(c2ccc3nnnn3n2)C1. The van der Waals surface area contributed by atoms with Crippen LogP contribution in [0.25, 0.3) is 5.65 Å². The number of nitrogens with zero attached hydrogens (tertiary/aromatic N) is 6. The average molecular weight is 262 g/mol. The van der Waals surface area contributed by atoms with Gasteiger partial charge in [-0.2, -0.15) is 0 Å². The number of anilines is 1. The number of aromatic nitrogens is 5. The lowest BCUT2D eigenvalue weighted by atomic mass is 9.82. The number of piperidine rings is 1. The van der Waals surface area contributed by atoms with Gasteiger partial charge in [-0.05, 0) is 42.3 Å². The summed E-state index contributed by atoms with van der Waals surface area (Å²) in [6.45, 7) is 3.02. The average Bonchev–Trinajstić information content (AvgIpc) is 2.85. The Bertz CT molecular complexity index is 626. The second kappa shape index (κ2) is 4.15. The molecule has 3 heterocycles. The number of hydrogen-bond acceptors (Lipinski definition) is 6. The Hall–Kier alpha value is -2.25. The Kier molecular flexibility index (Phi) is 2.58. The normalized spacial score (nSPS) is 23.7. The van der Waals surface area contributed by atoms with E-state index in [1.54, 1.807) is 13.0 Å². The van der Waals surface area contributed by atoms with Crippen LogP contribution in [0.1, 0.15) is 19.8 Å². The van der Waals surface area contributed by atoms with Crippen molar-refractivity contribution in [2.24, 2.45) is 5.41 Å². The molecule has 100 valence electrons. The quantitative estimate of drug-likeness (QED) is 0.826. The molecule has 1 aliphatic heterocycles. The standard InChI is InChI=1S/C11H14N6O2/c1-11(10(18)19)5-2-6-16(7-11)9-4-3-8-12-14-15-17(8)13-9/h3-4H,2,5-7H2,1H3,(H,18,19). The zero-order chi connectivity index (χ0) is 13.5. The van der Waals surface area contributed by atoms with E-state index in [0.717, 1.165) is 13.0 Å². The molecule has 1 saturated heterocycles. The molecule has 0 bridgehead atoms. The summed E-state index contributed by atoms with van der Waals surface area (Å²) in [7, 11) is 0. The van der Waals surface area contributed by atoms with E-state index in [-0.39, 0.29) is 0 Å². The summed E-state index contributed by atoms with van der Waals surface area (Å²) >= 11 is 0. The van der Waals surface area contributed by atoms with Gasteiger partial charge in [0.05, 0.1) is 5.41 Å². The van der Waals surface area contributed by atoms with Crippen LogP contribution < -0.4 is 4.90 Å². The first kappa shape index (κ1) is 11.8. The van der Waals surface area contributed by atoms with Crippen molar-refractivity contribution in [2.75, 3.05) is 18.0 Å². The minimum absolute atomic E-state index is 0.447. The van der Waals surface area contributed by atoms with Crippen LogP contribution in [0.3, 0.4) is 0 Å². The lowest BCUT2D eigenvalue weighted by molar-refractivity contribution is -0.148. The maximum absolute atomic E-state index is 11.3. The van der Waals surface area contributed by atoms with Crippen LogP contribution in [0.2, 0.25) is 0 Å². The van der Waals surface area contributed by atoms with Crippen LogP contribution >= 0.6 is 0 Å². The van der Waals surface area contributed by atoms with Gasteiger partial charge in [-0.25, -0.2) is 0 Å². The third-order valence-electron chi connectivity index (χ3n) is 3.59. The summed E-state index contributed by atoms with van der Waals surface area (Å²) in [5, 5.41) is 24.7. The minimum Gasteiger partial charge on any atom is -0.481 e. The highest BCUT2D eigenvalue weighted by molar-refractivity contribution is 5.75. The Morgan fingerprint density at radius 3 is 3.11 bits per heavy atom. The number of carboxylic acids is 1. The predicted molar refractivity (Wildman–Crippen MR) is 65.8 cm³/mol. The molecule has 0 saturated carbocycles. The molecule has 1 fully saturated rings. The van der Waals surface area contributed by atoms with E-state index in [9.17, 15) is 9.90 Å². The molecule has 19 heavy (non-hydrogen) atoms. The highest BCUT2D eigenvalue weighted by atomic mass is 16.4. The van der Waals surface area contributed by atoms with Gasteiger partial charge in [0.25, 0.3) is 0 Å². The van der Waals surface area contributed by atoms with Crippen molar-refractivity contribution in [1.29, 1.82) is 0 Å². The van der Waals surface area contributed by atoms with Crippen molar-refractivity contribution in [3.63, 3.8) is 0 Å². The molecule has 2 aromatic heterocycles. The van der Waals surface area contributed by atoms with Gasteiger partial charge in [0.1, 0.15) is 0 Å². The third kappa shape index (κ3) is 1.98. The van der Waals surface area contributed by atoms with Crippen molar-refractivity contribution in [1.82, 2.24) is 25.3 Å². The fourth-order valence-electron chi connectivity index (χ4n) is 2.42. The van der Waals surface area contributed by atoms with E-state index in [4.69, 9.17) is 0 Å². The fraction of sp³-hybridized carbons (Fsp3) is 0.545.